The van der Waals surface area contributed by atoms with Crippen LogP contribution in [0.4, 0.5) is 0 Å². The molecule has 4 unspecified atom stereocenters. The second-order valence-corrected chi connectivity index (χ2v) is 42.6. The molecule has 21 N–H and O–H groups in total. The summed E-state index contributed by atoms with van der Waals surface area (Å²) in [7, 11) is 0. The predicted octanol–water partition coefficient (Wildman–Crippen LogP) is -2.73. The highest BCUT2D eigenvalue weighted by atomic mass is 16.8. The van der Waals surface area contributed by atoms with Crippen LogP contribution in [0, 0.1) is 50.2 Å². The van der Waals surface area contributed by atoms with E-state index < -0.39 is 341 Å². The van der Waals surface area contributed by atoms with Gasteiger partial charge in [-0.15, -0.1) is 13.2 Å². The SMILES string of the molecule is C=C[C@](C)(O)CC/C=C(\C)C(=O)O[C@@H]1[C@@H](O)[C@H](C)O[C@@H](OC[C@H]2O[C@@H](OC(=O)C34CCC(C)(C)CC3C3=CCC5[C@@]6(C)CC[C@H](O[C@@H]7O[C@H](CO[C@@H]8OC[C@H](O)[C@H](O)[C@H]8O[C@@H]8OC[C@@H](O)[C@H](O)[C@H]8O)[C@@H](O)[C@H](O)[C@H]7O)C(C)(C)C6CC[C@@]5(C)[C@]3(C)C[C@H]4O)[C@H](O)[C@@H](O[C@@H]3O[C@@H](C)[C@H](O[C@@H]4OC[C@@H](O)[C@H](O[C@@H]5OC[C@@H](O)[C@H](O)[C@H]5O)[C@H]4O)[C@@H](O)[C@H]3O)[C@@H]2O)[C@@H]1OC(=O)/C(C)=C/CC[C@@](C)(O)C=C. The van der Waals surface area contributed by atoms with Gasteiger partial charge in [0.25, 0.3) is 0 Å². The van der Waals surface area contributed by atoms with Crippen molar-refractivity contribution in [2.24, 2.45) is 50.2 Å². The van der Waals surface area contributed by atoms with Crippen LogP contribution in [0.25, 0.3) is 0 Å². The van der Waals surface area contributed by atoms with E-state index in [4.69, 9.17) is 85.3 Å². The summed E-state index contributed by atoms with van der Waals surface area (Å²) in [6, 6.07) is 0. The first-order valence-electron chi connectivity index (χ1n) is 47.5. The Balaban J connectivity index is 0.759. The van der Waals surface area contributed by atoms with Crippen molar-refractivity contribution in [2.45, 2.75) is 418 Å². The van der Waals surface area contributed by atoms with Crippen molar-refractivity contribution in [3.05, 3.63) is 60.3 Å². The molecule has 0 aromatic carbocycles. The average Bonchev–Trinajstić information content (AvgIpc) is 0.668. The van der Waals surface area contributed by atoms with Gasteiger partial charge in [-0.05, 0) is 170 Å². The van der Waals surface area contributed by atoms with Gasteiger partial charge < -0.3 is 193 Å². The number of rotatable bonds is 30. The van der Waals surface area contributed by atoms with Crippen LogP contribution in [0.15, 0.2) is 60.3 Å². The van der Waals surface area contributed by atoms with Crippen LogP contribution >= 0.6 is 0 Å². The lowest BCUT2D eigenvalue weighted by Gasteiger charge is -2.71. The maximum atomic E-state index is 16.4. The minimum Gasteiger partial charge on any atom is -0.452 e. The molecule has 0 bridgehead atoms. The number of allylic oxidation sites excluding steroid dienone is 4. The summed E-state index contributed by atoms with van der Waals surface area (Å²) < 4.78 is 109. The van der Waals surface area contributed by atoms with E-state index in [0.717, 1.165) is 5.57 Å². The molecule has 13 aliphatic rings. The fraction of sp³-hybridized carbons (Fsp3) is 0.862. The van der Waals surface area contributed by atoms with Gasteiger partial charge in [-0.2, -0.15) is 0 Å². The zero-order valence-electron chi connectivity index (χ0n) is 79.4. The monoisotopic (exact) mass is 1950 g/mol. The molecule has 5 aliphatic carbocycles. The Hall–Kier alpha value is -4.33. The Morgan fingerprint density at radius 3 is 1.51 bits per heavy atom. The van der Waals surface area contributed by atoms with Crippen molar-refractivity contribution in [3.8, 4) is 0 Å². The predicted molar refractivity (Wildman–Crippen MR) is 463 cm³/mol. The molecule has 47 atom stereocenters. The van der Waals surface area contributed by atoms with Crippen LogP contribution in [0.1, 0.15) is 173 Å². The van der Waals surface area contributed by atoms with Crippen molar-refractivity contribution < 1.29 is 207 Å². The van der Waals surface area contributed by atoms with Gasteiger partial charge in [0.15, 0.2) is 56.2 Å². The van der Waals surface area contributed by atoms with Gasteiger partial charge in [-0.3, -0.25) is 4.79 Å². The molecule has 8 saturated heterocycles. The highest BCUT2D eigenvalue weighted by Crippen LogP contribution is 2.76. The number of ether oxygens (including phenoxy) is 18. The number of carbonyl (C=O) groups is 3. The molecule has 42 heteroatoms. The van der Waals surface area contributed by atoms with E-state index in [-0.39, 0.29) is 61.5 Å². The van der Waals surface area contributed by atoms with Crippen molar-refractivity contribution in [1.82, 2.24) is 0 Å². The number of hydrogen-bond donors (Lipinski definition) is 21. The summed E-state index contributed by atoms with van der Waals surface area (Å²) in [5, 5.41) is 238. The molecule has 4 saturated carbocycles. The van der Waals surface area contributed by atoms with Crippen molar-refractivity contribution in [2.75, 3.05) is 39.6 Å². The molecular weight excluding hydrogens is 1800 g/mol. The van der Waals surface area contributed by atoms with Crippen LogP contribution in [-0.4, -0.2) is 409 Å². The van der Waals surface area contributed by atoms with Crippen LogP contribution in [-0.2, 0) is 99.6 Å². The molecule has 0 amide bonds. The minimum atomic E-state index is -2.27. The van der Waals surface area contributed by atoms with Gasteiger partial charge in [0.05, 0.1) is 75.3 Å². The van der Waals surface area contributed by atoms with Crippen molar-refractivity contribution >= 4 is 17.9 Å². The summed E-state index contributed by atoms with van der Waals surface area (Å²) in [6.45, 7) is 27.5. The molecule has 13 rings (SSSR count). The van der Waals surface area contributed by atoms with Crippen LogP contribution in [0.3, 0.4) is 0 Å². The zero-order valence-corrected chi connectivity index (χ0v) is 79.4. The van der Waals surface area contributed by atoms with Crippen LogP contribution in [0.2, 0.25) is 0 Å². The number of esters is 3. The van der Waals surface area contributed by atoms with Crippen molar-refractivity contribution in [1.29, 1.82) is 0 Å². The summed E-state index contributed by atoms with van der Waals surface area (Å²) in [6.07, 6.45) is -53.4. The van der Waals surface area contributed by atoms with E-state index >= 15 is 4.79 Å². The van der Waals surface area contributed by atoms with Crippen molar-refractivity contribution in [3.63, 3.8) is 0 Å². The quantitative estimate of drug-likeness (QED) is 0.0114. The number of fused-ring (bicyclic) bond motifs is 7. The standard InChI is InChI=1S/C94H148O42/c1-16-89(11,117)26-18-20-40(3)76(114)130-73-56(100)42(5)125-85(75(73)131-77(115)41(4)21-19-27-90(12,118)17-2)124-39-51-61(105)72(134-81-67(111)63(107)70(43(6)126-81)132-80-68(112)71(49(98)37-121-80)133-78-64(108)57(101)46(95)34-119-78)69(113)83(128-51)136-86(116)94-31-30-87(7,8)32-45(94)44-22-23-53-91(13)28-25-55(88(9,10)52(91)24-29-92(53,14)93(44,15)33-54(94)99)129-82-66(110)62(106)60(104)50(127-82)38-123-84-74(59(103)48(97)36-122-84)135-79-65(109)58(102)47(96)35-120-79/h16-17,20-22,42-43,45-75,78-85,95-113,117-118H,1-2,18-19,23-39H2,3-15H3/b40-20+,41-21+/t42-,43-,45?,46+,47+,48-,49+,50+,51+,52?,53?,54+,55-,56-,57-,58-,59-,60+,61+,62-,63-,64+,65+,66+,67+,68+,69+,70-,71-,72-,73+,74+,75+,78-,79-,80-,81-,82-,83-,84-,85+,89-,90-,91-,92+,93+,94?/m0/s1. The van der Waals surface area contributed by atoms with Gasteiger partial charge in [-0.25, -0.2) is 9.59 Å². The molecule has 12 fully saturated rings. The van der Waals surface area contributed by atoms with Crippen LogP contribution in [0.5, 0.6) is 0 Å². The third kappa shape index (κ3) is 21.7. The van der Waals surface area contributed by atoms with E-state index in [9.17, 15) is 117 Å². The molecule has 8 heterocycles. The number of aliphatic hydroxyl groups is 21. The second-order valence-electron chi connectivity index (χ2n) is 42.6. The first-order valence-corrected chi connectivity index (χ1v) is 47.5. The van der Waals surface area contributed by atoms with Gasteiger partial charge in [0.2, 0.25) is 6.29 Å². The number of aliphatic hydroxyl groups excluding tert-OH is 19. The highest BCUT2D eigenvalue weighted by Gasteiger charge is 2.73. The number of hydrogen-bond acceptors (Lipinski definition) is 42. The lowest BCUT2D eigenvalue weighted by Crippen LogP contribution is -2.68. The van der Waals surface area contributed by atoms with Gasteiger partial charge in [0.1, 0.15) is 152 Å². The van der Waals surface area contributed by atoms with E-state index in [1.54, 1.807) is 0 Å². The highest BCUT2D eigenvalue weighted by molar-refractivity contribution is 5.89. The van der Waals surface area contributed by atoms with E-state index in [2.05, 4.69) is 67.7 Å². The van der Waals surface area contributed by atoms with Crippen LogP contribution < -0.4 is 0 Å². The fourth-order valence-electron chi connectivity index (χ4n) is 23.3. The largest absolute Gasteiger partial charge is 0.452 e. The second kappa shape index (κ2) is 42.8. The maximum Gasteiger partial charge on any atom is 0.333 e. The molecule has 136 heavy (non-hydrogen) atoms. The normalized spacial score (nSPS) is 48.5. The molecule has 0 aromatic rings. The molecule has 8 aliphatic heterocycles. The molecule has 42 nitrogen and oxygen atoms in total. The molecular formula is C94H148O42. The fourth-order valence-corrected chi connectivity index (χ4v) is 23.3. The summed E-state index contributed by atoms with van der Waals surface area (Å²) in [5.41, 5.74) is -6.49. The van der Waals surface area contributed by atoms with E-state index in [0.29, 0.717) is 44.9 Å². The third-order valence-corrected chi connectivity index (χ3v) is 32.4. The Morgan fingerprint density at radius 2 is 0.919 bits per heavy atom. The third-order valence-electron chi connectivity index (χ3n) is 32.4. The molecule has 0 aromatic heterocycles. The maximum absolute atomic E-state index is 16.4. The van der Waals surface area contributed by atoms with E-state index in [1.165, 1.54) is 65.8 Å². The summed E-state index contributed by atoms with van der Waals surface area (Å²) in [4.78, 5) is 44.9. The number of carbonyl (C=O) groups excluding carboxylic acids is 3. The minimum absolute atomic E-state index is 0.0123. The summed E-state index contributed by atoms with van der Waals surface area (Å²) in [5.74, 6) is -3.92. The lowest BCUT2D eigenvalue weighted by atomic mass is 9.33. The summed E-state index contributed by atoms with van der Waals surface area (Å²) >= 11 is 0. The first-order chi connectivity index (χ1) is 63.6. The first kappa shape index (κ1) is 109. The van der Waals surface area contributed by atoms with E-state index in [1.807, 2.05) is 0 Å². The molecule has 0 spiro atoms. The Bertz CT molecular complexity index is 4170. The molecule has 776 valence electrons. The van der Waals surface area contributed by atoms with Gasteiger partial charge in [0, 0.05) is 11.1 Å². The lowest BCUT2D eigenvalue weighted by molar-refractivity contribution is -0.378. The zero-order chi connectivity index (χ0) is 99.8. The smallest absolute Gasteiger partial charge is 0.333 e. The Kier molecular flexibility index (Phi) is 34.2. The van der Waals surface area contributed by atoms with Gasteiger partial charge in [-0.1, -0.05) is 84.4 Å². The Morgan fingerprint density at radius 1 is 0.441 bits per heavy atom. The van der Waals surface area contributed by atoms with Gasteiger partial charge >= 0.3 is 17.9 Å². The average molecular weight is 1950 g/mol. The topological polar surface area (TPSA) is 642 Å². The Labute approximate surface area is 789 Å². The molecule has 0 radical (unpaired) electrons.